The molecule has 0 radical (unpaired) electrons. The van der Waals surface area contributed by atoms with E-state index in [-0.39, 0.29) is 6.10 Å². The van der Waals surface area contributed by atoms with Gasteiger partial charge in [-0.05, 0) is 37.6 Å². The van der Waals surface area contributed by atoms with Crippen LogP contribution in [-0.2, 0) is 0 Å². The summed E-state index contributed by atoms with van der Waals surface area (Å²) >= 11 is 0. The molecular weight excluding hydrogens is 250 g/mol. The van der Waals surface area contributed by atoms with Crippen molar-refractivity contribution in [3.8, 4) is 5.75 Å². The van der Waals surface area contributed by atoms with Crippen molar-refractivity contribution in [3.05, 3.63) is 42.5 Å². The van der Waals surface area contributed by atoms with Gasteiger partial charge in [-0.1, -0.05) is 19.1 Å². The fourth-order valence-corrected chi connectivity index (χ4v) is 1.75. The zero-order valence-electron chi connectivity index (χ0n) is 12.2. The molecule has 0 saturated carbocycles. The summed E-state index contributed by atoms with van der Waals surface area (Å²) in [6.45, 7) is 4.18. The van der Waals surface area contributed by atoms with Gasteiger partial charge in [0, 0.05) is 18.8 Å². The molecule has 1 aromatic heterocycles. The van der Waals surface area contributed by atoms with Crippen LogP contribution in [0.3, 0.4) is 0 Å². The van der Waals surface area contributed by atoms with Crippen molar-refractivity contribution in [3.63, 3.8) is 0 Å². The van der Waals surface area contributed by atoms with Crippen molar-refractivity contribution >= 4 is 17.3 Å². The third kappa shape index (κ3) is 3.88. The molecular formula is C16H21N3O. The Morgan fingerprint density at radius 3 is 2.65 bits per heavy atom. The van der Waals surface area contributed by atoms with Crippen LogP contribution in [0.15, 0.2) is 42.5 Å². The number of rotatable bonds is 6. The average molecular weight is 271 g/mol. The Morgan fingerprint density at radius 1 is 1.15 bits per heavy atom. The number of hydrogen-bond acceptors (Lipinski definition) is 4. The van der Waals surface area contributed by atoms with Gasteiger partial charge in [-0.25, -0.2) is 4.98 Å². The first kappa shape index (κ1) is 14.2. The molecule has 106 valence electrons. The van der Waals surface area contributed by atoms with Crippen LogP contribution in [0, 0.1) is 0 Å². The fraction of sp³-hybridized carbons (Fsp3) is 0.312. The van der Waals surface area contributed by atoms with Crippen molar-refractivity contribution < 1.29 is 4.74 Å². The van der Waals surface area contributed by atoms with Crippen molar-refractivity contribution in [1.29, 1.82) is 0 Å². The second kappa shape index (κ2) is 6.80. The minimum Gasteiger partial charge on any atom is -0.491 e. The maximum atomic E-state index is 5.81. The van der Waals surface area contributed by atoms with Crippen LogP contribution in [0.5, 0.6) is 5.75 Å². The Labute approximate surface area is 120 Å². The SMILES string of the molecule is CCC(C)Oc1cccc(Nc2cccc(NC)n2)c1. The molecule has 0 aliphatic carbocycles. The van der Waals surface area contributed by atoms with Gasteiger partial charge in [-0.2, -0.15) is 0 Å². The summed E-state index contributed by atoms with van der Waals surface area (Å²) in [7, 11) is 1.85. The molecule has 1 atom stereocenters. The summed E-state index contributed by atoms with van der Waals surface area (Å²) in [5, 5.41) is 6.30. The summed E-state index contributed by atoms with van der Waals surface area (Å²) in [5.41, 5.74) is 0.964. The van der Waals surface area contributed by atoms with Crippen LogP contribution in [0.4, 0.5) is 17.3 Å². The summed E-state index contributed by atoms with van der Waals surface area (Å²) < 4.78 is 5.81. The number of aromatic nitrogens is 1. The van der Waals surface area contributed by atoms with Crippen LogP contribution >= 0.6 is 0 Å². The lowest BCUT2D eigenvalue weighted by Crippen LogP contribution is -2.09. The highest BCUT2D eigenvalue weighted by molar-refractivity contribution is 5.59. The van der Waals surface area contributed by atoms with E-state index in [1.807, 2.05) is 49.5 Å². The predicted octanol–water partition coefficient (Wildman–Crippen LogP) is 4.04. The highest BCUT2D eigenvalue weighted by Gasteiger charge is 2.03. The number of anilines is 3. The molecule has 20 heavy (non-hydrogen) atoms. The molecule has 0 amide bonds. The molecule has 1 unspecified atom stereocenters. The van der Waals surface area contributed by atoms with Crippen LogP contribution in [-0.4, -0.2) is 18.1 Å². The third-order valence-electron chi connectivity index (χ3n) is 3.02. The number of nitrogens with zero attached hydrogens (tertiary/aromatic N) is 1. The lowest BCUT2D eigenvalue weighted by Gasteiger charge is -2.14. The maximum Gasteiger partial charge on any atom is 0.132 e. The van der Waals surface area contributed by atoms with Crippen LogP contribution < -0.4 is 15.4 Å². The molecule has 0 spiro atoms. The van der Waals surface area contributed by atoms with Gasteiger partial charge in [-0.15, -0.1) is 0 Å². The Bertz CT molecular complexity index is 557. The highest BCUT2D eigenvalue weighted by atomic mass is 16.5. The quantitative estimate of drug-likeness (QED) is 0.832. The van der Waals surface area contributed by atoms with E-state index in [1.54, 1.807) is 0 Å². The standard InChI is InChI=1S/C16H21N3O/c1-4-12(2)20-14-8-5-7-13(11-14)18-16-10-6-9-15(17-3)19-16/h5-12H,4H2,1-3H3,(H2,17,18,19). The van der Waals surface area contributed by atoms with Crippen LogP contribution in [0.1, 0.15) is 20.3 Å². The molecule has 2 rings (SSSR count). The van der Waals surface area contributed by atoms with Crippen molar-refractivity contribution in [2.24, 2.45) is 0 Å². The molecule has 0 aliphatic rings. The first-order valence-electron chi connectivity index (χ1n) is 6.90. The zero-order chi connectivity index (χ0) is 14.4. The van der Waals surface area contributed by atoms with E-state index in [2.05, 4.69) is 29.5 Å². The maximum absolute atomic E-state index is 5.81. The fourth-order valence-electron chi connectivity index (χ4n) is 1.75. The summed E-state index contributed by atoms with van der Waals surface area (Å²) in [6, 6.07) is 13.7. The molecule has 0 bridgehead atoms. The van der Waals surface area contributed by atoms with E-state index in [1.165, 1.54) is 0 Å². The summed E-state index contributed by atoms with van der Waals surface area (Å²) in [4.78, 5) is 4.43. The molecule has 0 saturated heterocycles. The second-order valence-corrected chi connectivity index (χ2v) is 4.65. The van der Waals surface area contributed by atoms with Gasteiger partial charge in [0.25, 0.3) is 0 Å². The first-order chi connectivity index (χ1) is 9.71. The van der Waals surface area contributed by atoms with E-state index in [9.17, 15) is 0 Å². The zero-order valence-corrected chi connectivity index (χ0v) is 12.2. The Balaban J connectivity index is 2.10. The summed E-state index contributed by atoms with van der Waals surface area (Å²) in [5.74, 6) is 2.51. The molecule has 0 aliphatic heterocycles. The van der Waals surface area contributed by atoms with E-state index in [0.717, 1.165) is 29.5 Å². The Morgan fingerprint density at radius 2 is 1.90 bits per heavy atom. The van der Waals surface area contributed by atoms with Gasteiger partial charge in [0.2, 0.25) is 0 Å². The molecule has 0 fully saturated rings. The smallest absolute Gasteiger partial charge is 0.132 e. The summed E-state index contributed by atoms with van der Waals surface area (Å²) in [6.07, 6.45) is 1.21. The molecule has 4 heteroatoms. The lowest BCUT2D eigenvalue weighted by atomic mass is 10.2. The van der Waals surface area contributed by atoms with Gasteiger partial charge in [-0.3, -0.25) is 0 Å². The number of hydrogen-bond donors (Lipinski definition) is 2. The Hall–Kier alpha value is -2.23. The van der Waals surface area contributed by atoms with Crippen molar-refractivity contribution in [2.75, 3.05) is 17.7 Å². The average Bonchev–Trinajstić information content (AvgIpc) is 2.47. The largest absolute Gasteiger partial charge is 0.491 e. The number of benzene rings is 1. The van der Waals surface area contributed by atoms with Crippen molar-refractivity contribution in [2.45, 2.75) is 26.4 Å². The van der Waals surface area contributed by atoms with Gasteiger partial charge in [0.1, 0.15) is 17.4 Å². The van der Waals surface area contributed by atoms with Crippen molar-refractivity contribution in [1.82, 2.24) is 4.98 Å². The highest BCUT2D eigenvalue weighted by Crippen LogP contribution is 2.22. The third-order valence-corrected chi connectivity index (χ3v) is 3.02. The molecule has 4 nitrogen and oxygen atoms in total. The lowest BCUT2D eigenvalue weighted by molar-refractivity contribution is 0.217. The van der Waals surface area contributed by atoms with Gasteiger partial charge >= 0.3 is 0 Å². The predicted molar refractivity (Wildman–Crippen MR) is 83.9 cm³/mol. The number of nitrogens with one attached hydrogen (secondary N) is 2. The number of ether oxygens (including phenoxy) is 1. The van der Waals surface area contributed by atoms with E-state index in [0.29, 0.717) is 0 Å². The normalized spacial score (nSPS) is 11.8. The minimum atomic E-state index is 0.219. The Kier molecular flexibility index (Phi) is 4.82. The van der Waals surface area contributed by atoms with Gasteiger partial charge < -0.3 is 15.4 Å². The molecule has 2 aromatic rings. The molecule has 1 heterocycles. The number of pyridine rings is 1. The molecule has 2 N–H and O–H groups in total. The van der Waals surface area contributed by atoms with E-state index in [4.69, 9.17) is 4.74 Å². The van der Waals surface area contributed by atoms with Gasteiger partial charge in [0.05, 0.1) is 6.10 Å². The van der Waals surface area contributed by atoms with Crippen LogP contribution in [0.25, 0.3) is 0 Å². The minimum absolute atomic E-state index is 0.219. The monoisotopic (exact) mass is 271 g/mol. The second-order valence-electron chi connectivity index (χ2n) is 4.65. The van der Waals surface area contributed by atoms with Gasteiger partial charge in [0.15, 0.2) is 0 Å². The molecule has 1 aromatic carbocycles. The van der Waals surface area contributed by atoms with Crippen LogP contribution in [0.2, 0.25) is 0 Å². The topological polar surface area (TPSA) is 46.2 Å². The van der Waals surface area contributed by atoms with E-state index >= 15 is 0 Å². The van der Waals surface area contributed by atoms with E-state index < -0.39 is 0 Å². The first-order valence-corrected chi connectivity index (χ1v) is 6.90.